The van der Waals surface area contributed by atoms with Gasteiger partial charge in [-0.05, 0) is 30.5 Å². The van der Waals surface area contributed by atoms with Crippen LogP contribution in [-0.2, 0) is 4.79 Å². The highest BCUT2D eigenvalue weighted by Crippen LogP contribution is 2.28. The summed E-state index contributed by atoms with van der Waals surface area (Å²) in [5.74, 6) is 1.52. The van der Waals surface area contributed by atoms with E-state index < -0.39 is 0 Å². The van der Waals surface area contributed by atoms with Crippen molar-refractivity contribution in [3.05, 3.63) is 60.2 Å². The quantitative estimate of drug-likeness (QED) is 0.627. The van der Waals surface area contributed by atoms with E-state index in [4.69, 9.17) is 0 Å². The Morgan fingerprint density at radius 2 is 1.89 bits per heavy atom. The molecule has 0 fully saturated rings. The Kier molecular flexibility index (Phi) is 6.29. The van der Waals surface area contributed by atoms with Crippen molar-refractivity contribution < 1.29 is 4.79 Å². The minimum atomic E-state index is 0.00810. The second kappa shape index (κ2) is 8.86. The Morgan fingerprint density at radius 1 is 1.11 bits per heavy atom. The number of hydrogen-bond donors (Lipinski definition) is 1. The number of nitrogens with one attached hydrogen (secondary N) is 1. The van der Waals surface area contributed by atoms with Gasteiger partial charge in [0, 0.05) is 17.8 Å². The zero-order chi connectivity index (χ0) is 19.2. The fraction of sp³-hybridized carbons (Fsp3) is 0.286. The van der Waals surface area contributed by atoms with Crippen LogP contribution in [0.3, 0.4) is 0 Å². The van der Waals surface area contributed by atoms with Crippen molar-refractivity contribution in [1.82, 2.24) is 20.1 Å². The number of carbonyl (C=O) groups excluding carboxylic acids is 1. The van der Waals surface area contributed by atoms with Gasteiger partial charge in [0.2, 0.25) is 5.91 Å². The largest absolute Gasteiger partial charge is 0.355 e. The molecule has 0 saturated heterocycles. The molecule has 6 heteroatoms. The molecule has 0 aliphatic rings. The van der Waals surface area contributed by atoms with Crippen LogP contribution in [0, 0.1) is 12.8 Å². The first-order chi connectivity index (χ1) is 13.0. The van der Waals surface area contributed by atoms with Gasteiger partial charge in [0.25, 0.3) is 0 Å². The van der Waals surface area contributed by atoms with Crippen LogP contribution in [-0.4, -0.2) is 33.0 Å². The Balaban J connectivity index is 1.90. The number of rotatable bonds is 7. The van der Waals surface area contributed by atoms with Crippen LogP contribution in [0.25, 0.3) is 17.1 Å². The van der Waals surface area contributed by atoms with Crippen LogP contribution in [0.15, 0.2) is 59.8 Å². The first-order valence-electron chi connectivity index (χ1n) is 9.02. The average molecular weight is 381 g/mol. The molecule has 0 spiro atoms. The fourth-order valence-corrected chi connectivity index (χ4v) is 3.42. The third-order valence-corrected chi connectivity index (χ3v) is 4.89. The highest BCUT2D eigenvalue weighted by Gasteiger charge is 2.17. The van der Waals surface area contributed by atoms with E-state index >= 15 is 0 Å². The van der Waals surface area contributed by atoms with Crippen LogP contribution in [0.5, 0.6) is 0 Å². The standard InChI is InChI=1S/C21H24N4OS/c1-15(2)13-22-19(26)14-27-21-24-23-20(17-9-5-4-6-10-17)25(21)18-11-7-8-16(3)12-18/h4-12,15H,13-14H2,1-3H3,(H,22,26). The molecular weight excluding hydrogens is 356 g/mol. The molecule has 0 aliphatic heterocycles. The summed E-state index contributed by atoms with van der Waals surface area (Å²) in [5.41, 5.74) is 3.14. The summed E-state index contributed by atoms with van der Waals surface area (Å²) in [7, 11) is 0. The molecule has 0 saturated carbocycles. The van der Waals surface area contributed by atoms with Gasteiger partial charge in [-0.1, -0.05) is 68.1 Å². The molecule has 1 aromatic heterocycles. The fourth-order valence-electron chi connectivity index (χ4n) is 2.64. The van der Waals surface area contributed by atoms with Gasteiger partial charge in [-0.3, -0.25) is 9.36 Å². The summed E-state index contributed by atoms with van der Waals surface area (Å²) in [5, 5.41) is 12.4. The van der Waals surface area contributed by atoms with Gasteiger partial charge < -0.3 is 5.32 Å². The molecule has 0 aliphatic carbocycles. The normalized spacial score (nSPS) is 11.0. The predicted octanol–water partition coefficient (Wildman–Crippen LogP) is 4.11. The number of amides is 1. The summed E-state index contributed by atoms with van der Waals surface area (Å²) < 4.78 is 2.02. The molecular formula is C21H24N4OS. The molecule has 1 N–H and O–H groups in total. The third-order valence-electron chi connectivity index (χ3n) is 3.97. The second-order valence-electron chi connectivity index (χ2n) is 6.83. The van der Waals surface area contributed by atoms with Crippen molar-refractivity contribution in [1.29, 1.82) is 0 Å². The van der Waals surface area contributed by atoms with E-state index in [1.54, 1.807) is 0 Å². The SMILES string of the molecule is Cc1cccc(-n2c(SCC(=O)NCC(C)C)nnc2-c2ccccc2)c1. The number of carbonyl (C=O) groups is 1. The summed E-state index contributed by atoms with van der Waals surface area (Å²) >= 11 is 1.40. The van der Waals surface area contributed by atoms with Gasteiger partial charge in [-0.15, -0.1) is 10.2 Å². The summed E-state index contributed by atoms with van der Waals surface area (Å²) in [6.45, 7) is 6.89. The Morgan fingerprint density at radius 3 is 2.59 bits per heavy atom. The van der Waals surface area contributed by atoms with Crippen molar-refractivity contribution >= 4 is 17.7 Å². The van der Waals surface area contributed by atoms with Crippen LogP contribution >= 0.6 is 11.8 Å². The number of hydrogen-bond acceptors (Lipinski definition) is 4. The number of nitrogens with zero attached hydrogens (tertiary/aromatic N) is 3. The van der Waals surface area contributed by atoms with E-state index in [-0.39, 0.29) is 5.91 Å². The van der Waals surface area contributed by atoms with E-state index in [0.29, 0.717) is 23.4 Å². The van der Waals surface area contributed by atoms with Crippen LogP contribution in [0.1, 0.15) is 19.4 Å². The van der Waals surface area contributed by atoms with Gasteiger partial charge in [0.15, 0.2) is 11.0 Å². The highest BCUT2D eigenvalue weighted by molar-refractivity contribution is 7.99. The zero-order valence-corrected chi connectivity index (χ0v) is 16.7. The molecule has 1 heterocycles. The van der Waals surface area contributed by atoms with Crippen molar-refractivity contribution in [2.24, 2.45) is 5.92 Å². The number of aryl methyl sites for hydroxylation is 1. The molecule has 0 bridgehead atoms. The monoisotopic (exact) mass is 380 g/mol. The lowest BCUT2D eigenvalue weighted by Gasteiger charge is -2.11. The van der Waals surface area contributed by atoms with Crippen LogP contribution in [0.4, 0.5) is 0 Å². The maximum atomic E-state index is 12.1. The van der Waals surface area contributed by atoms with Crippen molar-refractivity contribution in [3.8, 4) is 17.1 Å². The Labute approximate surface area is 164 Å². The maximum Gasteiger partial charge on any atom is 0.230 e. The first-order valence-corrected chi connectivity index (χ1v) is 10.0. The van der Waals surface area contributed by atoms with Crippen molar-refractivity contribution in [3.63, 3.8) is 0 Å². The Bertz CT molecular complexity index is 906. The van der Waals surface area contributed by atoms with Crippen molar-refractivity contribution in [2.45, 2.75) is 25.9 Å². The molecule has 3 rings (SSSR count). The molecule has 1 amide bonds. The lowest BCUT2D eigenvalue weighted by atomic mass is 10.2. The molecule has 27 heavy (non-hydrogen) atoms. The average Bonchev–Trinajstić information content (AvgIpc) is 3.09. The lowest BCUT2D eigenvalue weighted by Crippen LogP contribution is -2.28. The molecule has 0 atom stereocenters. The van der Waals surface area contributed by atoms with E-state index in [1.165, 1.54) is 11.8 Å². The van der Waals surface area contributed by atoms with Gasteiger partial charge in [-0.2, -0.15) is 0 Å². The predicted molar refractivity (Wildman–Crippen MR) is 110 cm³/mol. The van der Waals surface area contributed by atoms with Crippen molar-refractivity contribution in [2.75, 3.05) is 12.3 Å². The number of aromatic nitrogens is 3. The molecule has 0 unspecified atom stereocenters. The van der Waals surface area contributed by atoms with E-state index in [9.17, 15) is 4.79 Å². The van der Waals surface area contributed by atoms with Crippen LogP contribution < -0.4 is 5.32 Å². The summed E-state index contributed by atoms with van der Waals surface area (Å²) in [6, 6.07) is 18.2. The lowest BCUT2D eigenvalue weighted by molar-refractivity contribution is -0.118. The second-order valence-corrected chi connectivity index (χ2v) is 7.78. The zero-order valence-electron chi connectivity index (χ0n) is 15.8. The minimum absolute atomic E-state index is 0.00810. The van der Waals surface area contributed by atoms with E-state index in [0.717, 1.165) is 22.6 Å². The minimum Gasteiger partial charge on any atom is -0.355 e. The van der Waals surface area contributed by atoms with Crippen LogP contribution in [0.2, 0.25) is 0 Å². The smallest absolute Gasteiger partial charge is 0.230 e. The highest BCUT2D eigenvalue weighted by atomic mass is 32.2. The molecule has 5 nitrogen and oxygen atoms in total. The third kappa shape index (κ3) is 4.98. The number of thioether (sulfide) groups is 1. The topological polar surface area (TPSA) is 59.8 Å². The Hall–Kier alpha value is -2.60. The molecule has 3 aromatic rings. The van der Waals surface area contributed by atoms with E-state index in [2.05, 4.69) is 48.4 Å². The number of benzene rings is 2. The molecule has 140 valence electrons. The first kappa shape index (κ1) is 19.2. The summed E-state index contributed by atoms with van der Waals surface area (Å²) in [4.78, 5) is 12.1. The molecule has 2 aromatic carbocycles. The van der Waals surface area contributed by atoms with Gasteiger partial charge in [-0.25, -0.2) is 0 Å². The van der Waals surface area contributed by atoms with Gasteiger partial charge >= 0.3 is 0 Å². The van der Waals surface area contributed by atoms with Gasteiger partial charge in [0.05, 0.1) is 5.75 Å². The van der Waals surface area contributed by atoms with E-state index in [1.807, 2.05) is 47.0 Å². The molecule has 0 radical (unpaired) electrons. The summed E-state index contributed by atoms with van der Waals surface area (Å²) in [6.07, 6.45) is 0. The maximum absolute atomic E-state index is 12.1. The van der Waals surface area contributed by atoms with Gasteiger partial charge in [0.1, 0.15) is 0 Å².